The lowest BCUT2D eigenvalue weighted by Crippen LogP contribution is -2.03. The van der Waals surface area contributed by atoms with Gasteiger partial charge in [0.25, 0.3) is 0 Å². The molecule has 0 unspecified atom stereocenters. The number of hydrogen-bond donors (Lipinski definition) is 1. The van der Waals surface area contributed by atoms with Crippen molar-refractivity contribution in [2.24, 2.45) is 0 Å². The van der Waals surface area contributed by atoms with Crippen LogP contribution in [0.4, 0.5) is 20.2 Å². The predicted octanol–water partition coefficient (Wildman–Crippen LogP) is 2.85. The van der Waals surface area contributed by atoms with Crippen LogP contribution in [0.3, 0.4) is 0 Å². The first-order valence-electron chi connectivity index (χ1n) is 3.69. The smallest absolute Gasteiger partial charge is 0.328 e. The van der Waals surface area contributed by atoms with Gasteiger partial charge in [0.15, 0.2) is 0 Å². The van der Waals surface area contributed by atoms with Crippen LogP contribution >= 0.6 is 30.1 Å². The fraction of sp³-hybridized carbons (Fsp3) is 0. The van der Waals surface area contributed by atoms with Crippen molar-refractivity contribution in [1.82, 2.24) is 0 Å². The van der Waals surface area contributed by atoms with Gasteiger partial charge in [-0.25, -0.2) is 4.39 Å². The van der Waals surface area contributed by atoms with Crippen molar-refractivity contribution < 1.29 is 13.7 Å². The van der Waals surface area contributed by atoms with Crippen molar-refractivity contribution in [3.05, 3.63) is 33.4 Å². The number of halogens is 3. The number of nitrogens with zero attached hydrogens (tertiary/aromatic N) is 1. The molecule has 4 nitrogen and oxygen atoms in total. The Morgan fingerprint density at radius 3 is 2.69 bits per heavy atom. The minimum absolute atomic E-state index is 0.562. The van der Waals surface area contributed by atoms with Gasteiger partial charge in [0.05, 0.1) is 4.92 Å². The van der Waals surface area contributed by atoms with Crippen LogP contribution in [-0.2, 0) is 0 Å². The summed E-state index contributed by atoms with van der Waals surface area (Å²) in [6, 6.07) is 0.684. The summed E-state index contributed by atoms with van der Waals surface area (Å²) in [5.41, 5.74) is 2.98. The lowest BCUT2D eigenvalue weighted by molar-refractivity contribution is -0.386. The molecule has 1 aromatic carbocycles. The van der Waals surface area contributed by atoms with Crippen LogP contribution in [0.2, 0.25) is 0 Å². The summed E-state index contributed by atoms with van der Waals surface area (Å²) in [7, 11) is 1.01. The number of nitro groups is 1. The molecule has 84 valence electrons. The van der Waals surface area contributed by atoms with E-state index in [1.165, 1.54) is 0 Å². The van der Waals surface area contributed by atoms with Gasteiger partial charge < -0.3 is 5.73 Å². The summed E-state index contributed by atoms with van der Waals surface area (Å²) in [6.45, 7) is 0. The Balaban J connectivity index is 3.51. The zero-order valence-electron chi connectivity index (χ0n) is 7.46. The molecule has 0 heterocycles. The molecule has 0 spiro atoms. The minimum Gasteiger partial charge on any atom is -0.393 e. The van der Waals surface area contributed by atoms with E-state index in [0.717, 1.165) is 8.93 Å². The Kier molecular flexibility index (Phi) is 4.31. The molecule has 0 atom stereocenters. The summed E-state index contributed by atoms with van der Waals surface area (Å²) < 4.78 is 26.7. The molecule has 0 bridgehead atoms. The summed E-state index contributed by atoms with van der Waals surface area (Å²) in [5, 5.41) is 12.8. The average Bonchev–Trinajstić information content (AvgIpc) is 2.16. The summed E-state index contributed by atoms with van der Waals surface area (Å²) >= 11 is 1.81. The SMILES string of the molecule is Nc1cc(F)c(C#CSI)c(F)c1[N+](=O)[O-]. The maximum absolute atomic E-state index is 13.5. The highest BCUT2D eigenvalue weighted by molar-refractivity contribution is 14.2. The number of anilines is 1. The normalized spacial score (nSPS) is 9.44. The van der Waals surface area contributed by atoms with Crippen LogP contribution in [0.5, 0.6) is 0 Å². The molecule has 0 fully saturated rings. The first-order valence-corrected chi connectivity index (χ1v) is 7.05. The largest absolute Gasteiger partial charge is 0.393 e. The third kappa shape index (κ3) is 2.53. The van der Waals surface area contributed by atoms with Crippen molar-refractivity contribution in [2.45, 2.75) is 0 Å². The third-order valence-corrected chi connectivity index (χ3v) is 2.46. The minimum atomic E-state index is -1.35. The Hall–Kier alpha value is -1.08. The highest BCUT2D eigenvalue weighted by Crippen LogP contribution is 2.29. The second-order valence-electron chi connectivity index (χ2n) is 2.55. The molecule has 1 aromatic rings. The molecule has 1 rings (SSSR count). The molecule has 0 aliphatic rings. The molecule has 2 N–H and O–H groups in total. The van der Waals surface area contributed by atoms with E-state index in [0.29, 0.717) is 6.07 Å². The van der Waals surface area contributed by atoms with Gasteiger partial charge in [-0.3, -0.25) is 10.1 Å². The second-order valence-corrected chi connectivity index (χ2v) is 4.23. The standard InChI is InChI=1S/C8H3F2IN2O2S/c9-5-3-6(12)8(13(14)15)7(10)4(5)1-2-16-11/h3H,12H2. The monoisotopic (exact) mass is 356 g/mol. The van der Waals surface area contributed by atoms with Crippen molar-refractivity contribution >= 4 is 41.5 Å². The fourth-order valence-electron chi connectivity index (χ4n) is 0.997. The molecule has 0 aromatic heterocycles. The highest BCUT2D eigenvalue weighted by Gasteiger charge is 2.24. The van der Waals surface area contributed by atoms with E-state index < -0.39 is 33.5 Å². The topological polar surface area (TPSA) is 69.2 Å². The Morgan fingerprint density at radius 1 is 1.56 bits per heavy atom. The number of rotatable bonds is 1. The molecule has 8 heteroatoms. The van der Waals surface area contributed by atoms with Gasteiger partial charge in [0, 0.05) is 27.3 Å². The molecule has 16 heavy (non-hydrogen) atoms. The predicted molar refractivity (Wildman–Crippen MR) is 65.9 cm³/mol. The zero-order chi connectivity index (χ0) is 12.3. The maximum Gasteiger partial charge on any atom is 0.328 e. The Labute approximate surface area is 105 Å². The van der Waals surface area contributed by atoms with Crippen molar-refractivity contribution in [1.29, 1.82) is 0 Å². The molecule has 0 saturated carbocycles. The average molecular weight is 356 g/mol. The van der Waals surface area contributed by atoms with Crippen molar-refractivity contribution in [3.8, 4) is 11.2 Å². The summed E-state index contributed by atoms with van der Waals surface area (Å²) in [4.78, 5) is 9.48. The second kappa shape index (κ2) is 5.31. The van der Waals surface area contributed by atoms with Crippen LogP contribution in [0.1, 0.15) is 5.56 Å². The Bertz CT molecular complexity index is 513. The number of nitrogen functional groups attached to an aromatic ring is 1. The van der Waals surface area contributed by atoms with Crippen molar-refractivity contribution in [3.63, 3.8) is 0 Å². The van der Waals surface area contributed by atoms with E-state index in [1.54, 1.807) is 21.2 Å². The van der Waals surface area contributed by atoms with E-state index in [1.807, 2.05) is 0 Å². The van der Waals surface area contributed by atoms with Gasteiger partial charge in [-0.15, -0.1) is 0 Å². The van der Waals surface area contributed by atoms with Gasteiger partial charge in [-0.05, 0) is 20.1 Å². The molecule has 0 amide bonds. The van der Waals surface area contributed by atoms with Gasteiger partial charge >= 0.3 is 5.69 Å². The first kappa shape index (κ1) is 13.0. The fourth-order valence-corrected chi connectivity index (χ4v) is 1.47. The Morgan fingerprint density at radius 2 is 2.19 bits per heavy atom. The van der Waals surface area contributed by atoms with Crippen LogP contribution in [0.15, 0.2) is 6.07 Å². The van der Waals surface area contributed by atoms with Gasteiger partial charge in [0.1, 0.15) is 17.1 Å². The molecular formula is C8H3F2IN2O2S. The van der Waals surface area contributed by atoms with E-state index in [2.05, 4.69) is 11.2 Å². The summed E-state index contributed by atoms with van der Waals surface area (Å²) in [5.74, 6) is -0.213. The van der Waals surface area contributed by atoms with Gasteiger partial charge in [0.2, 0.25) is 5.82 Å². The molecule has 0 radical (unpaired) electrons. The maximum atomic E-state index is 13.5. The van der Waals surface area contributed by atoms with Crippen molar-refractivity contribution in [2.75, 3.05) is 5.73 Å². The summed E-state index contributed by atoms with van der Waals surface area (Å²) in [6.07, 6.45) is 0. The van der Waals surface area contributed by atoms with Crippen LogP contribution < -0.4 is 5.73 Å². The van der Waals surface area contributed by atoms with E-state index in [-0.39, 0.29) is 0 Å². The molecule has 0 aliphatic carbocycles. The van der Waals surface area contributed by atoms with Crippen LogP contribution in [-0.4, -0.2) is 4.92 Å². The highest BCUT2D eigenvalue weighted by atomic mass is 127. The number of hydrogen-bond acceptors (Lipinski definition) is 4. The van der Waals surface area contributed by atoms with Crippen LogP contribution in [0, 0.1) is 32.9 Å². The molecular weight excluding hydrogens is 353 g/mol. The lowest BCUT2D eigenvalue weighted by Gasteiger charge is -2.01. The first-order chi connectivity index (χ1) is 7.49. The zero-order valence-corrected chi connectivity index (χ0v) is 10.4. The van der Waals surface area contributed by atoms with E-state index in [9.17, 15) is 18.9 Å². The molecule has 0 saturated heterocycles. The van der Waals surface area contributed by atoms with Gasteiger partial charge in [-0.2, -0.15) is 4.39 Å². The van der Waals surface area contributed by atoms with E-state index in [4.69, 9.17) is 5.73 Å². The van der Waals surface area contributed by atoms with Gasteiger partial charge in [-0.1, -0.05) is 0 Å². The molecule has 0 aliphatic heterocycles. The quantitative estimate of drug-likeness (QED) is 0.276. The lowest BCUT2D eigenvalue weighted by atomic mass is 10.1. The number of benzene rings is 1. The van der Waals surface area contributed by atoms with E-state index >= 15 is 0 Å². The third-order valence-electron chi connectivity index (χ3n) is 1.62. The number of nitrogens with two attached hydrogens (primary N) is 1. The van der Waals surface area contributed by atoms with Crippen LogP contribution in [0.25, 0.3) is 0 Å². The number of nitro benzene ring substituents is 1.